The summed E-state index contributed by atoms with van der Waals surface area (Å²) in [6.45, 7) is 3.91. The van der Waals surface area contributed by atoms with Crippen LogP contribution in [0, 0.1) is 11.7 Å². The van der Waals surface area contributed by atoms with E-state index in [2.05, 4.69) is 0 Å². The molecule has 0 radical (unpaired) electrons. The summed E-state index contributed by atoms with van der Waals surface area (Å²) in [7, 11) is 0. The first-order valence-corrected chi connectivity index (χ1v) is 5.01. The zero-order valence-electron chi connectivity index (χ0n) is 9.00. The van der Waals surface area contributed by atoms with Crippen molar-refractivity contribution in [1.29, 1.82) is 0 Å². The number of benzene rings is 1. The molecule has 0 bridgehead atoms. The SMILES string of the molecule is CC(C)C(=O)CCOc1ccccc1F. The number of carbonyl (C=O) groups is 1. The van der Waals surface area contributed by atoms with Gasteiger partial charge in [0.1, 0.15) is 5.78 Å². The van der Waals surface area contributed by atoms with Gasteiger partial charge in [-0.15, -0.1) is 0 Å². The maximum absolute atomic E-state index is 13.1. The molecule has 3 heteroatoms. The van der Waals surface area contributed by atoms with E-state index in [1.54, 1.807) is 18.2 Å². The van der Waals surface area contributed by atoms with Crippen molar-refractivity contribution in [3.63, 3.8) is 0 Å². The molecule has 1 aromatic carbocycles. The summed E-state index contributed by atoms with van der Waals surface area (Å²) in [4.78, 5) is 11.2. The average molecular weight is 210 g/mol. The largest absolute Gasteiger partial charge is 0.490 e. The Morgan fingerprint density at radius 3 is 2.67 bits per heavy atom. The fraction of sp³-hybridized carbons (Fsp3) is 0.417. The highest BCUT2D eigenvalue weighted by Crippen LogP contribution is 2.15. The Kier molecular flexibility index (Phi) is 4.28. The number of Topliss-reactive ketones (excluding diaryl/α,β-unsaturated/α-hetero) is 1. The fourth-order valence-corrected chi connectivity index (χ4v) is 1.11. The van der Waals surface area contributed by atoms with E-state index in [0.29, 0.717) is 6.42 Å². The van der Waals surface area contributed by atoms with Crippen LogP contribution in [0.15, 0.2) is 24.3 Å². The van der Waals surface area contributed by atoms with E-state index in [9.17, 15) is 9.18 Å². The van der Waals surface area contributed by atoms with Gasteiger partial charge in [-0.3, -0.25) is 4.79 Å². The molecule has 0 saturated carbocycles. The van der Waals surface area contributed by atoms with Gasteiger partial charge in [-0.2, -0.15) is 0 Å². The number of para-hydroxylation sites is 1. The van der Waals surface area contributed by atoms with Gasteiger partial charge < -0.3 is 4.74 Å². The van der Waals surface area contributed by atoms with E-state index in [1.807, 2.05) is 13.8 Å². The highest BCUT2D eigenvalue weighted by molar-refractivity contribution is 5.80. The Bertz CT molecular complexity index is 334. The minimum absolute atomic E-state index is 0.00854. The van der Waals surface area contributed by atoms with Crippen LogP contribution in [0.1, 0.15) is 20.3 Å². The predicted octanol–water partition coefficient (Wildman–Crippen LogP) is 2.82. The fourth-order valence-electron chi connectivity index (χ4n) is 1.11. The minimum Gasteiger partial charge on any atom is -0.490 e. The third-order valence-electron chi connectivity index (χ3n) is 2.09. The lowest BCUT2D eigenvalue weighted by atomic mass is 10.1. The second-order valence-electron chi connectivity index (χ2n) is 3.65. The summed E-state index contributed by atoms with van der Waals surface area (Å²) < 4.78 is 18.2. The zero-order chi connectivity index (χ0) is 11.3. The van der Waals surface area contributed by atoms with E-state index < -0.39 is 5.82 Å². The number of ether oxygens (including phenoxy) is 1. The molecule has 1 rings (SSSR count). The van der Waals surface area contributed by atoms with Crippen molar-refractivity contribution in [1.82, 2.24) is 0 Å². The molecule has 0 spiro atoms. The van der Waals surface area contributed by atoms with Crippen LogP contribution < -0.4 is 4.74 Å². The highest BCUT2D eigenvalue weighted by Gasteiger charge is 2.07. The summed E-state index contributed by atoms with van der Waals surface area (Å²) >= 11 is 0. The molecule has 0 aliphatic rings. The van der Waals surface area contributed by atoms with Gasteiger partial charge >= 0.3 is 0 Å². The van der Waals surface area contributed by atoms with Crippen LogP contribution in [0.25, 0.3) is 0 Å². The van der Waals surface area contributed by atoms with Crippen molar-refractivity contribution in [2.45, 2.75) is 20.3 Å². The Labute approximate surface area is 89.1 Å². The number of halogens is 1. The molecule has 0 unspecified atom stereocenters. The Morgan fingerprint density at radius 2 is 2.07 bits per heavy atom. The van der Waals surface area contributed by atoms with E-state index in [0.717, 1.165) is 0 Å². The summed E-state index contributed by atoms with van der Waals surface area (Å²) in [6.07, 6.45) is 0.325. The second kappa shape index (κ2) is 5.49. The molecule has 0 aromatic heterocycles. The standard InChI is InChI=1S/C12H15FO2/c1-9(2)11(14)7-8-15-12-6-4-3-5-10(12)13/h3-6,9H,7-8H2,1-2H3. The monoisotopic (exact) mass is 210 g/mol. The lowest BCUT2D eigenvalue weighted by molar-refractivity contribution is -0.122. The summed E-state index contributed by atoms with van der Waals surface area (Å²) in [5, 5.41) is 0. The van der Waals surface area contributed by atoms with Crippen LogP contribution >= 0.6 is 0 Å². The van der Waals surface area contributed by atoms with Crippen molar-refractivity contribution < 1.29 is 13.9 Å². The zero-order valence-corrected chi connectivity index (χ0v) is 9.00. The van der Waals surface area contributed by atoms with Crippen molar-refractivity contribution >= 4 is 5.78 Å². The molecule has 1 aromatic rings. The Morgan fingerprint density at radius 1 is 1.40 bits per heavy atom. The number of carbonyl (C=O) groups excluding carboxylic acids is 1. The number of ketones is 1. The van der Waals surface area contributed by atoms with Gasteiger partial charge in [-0.25, -0.2) is 4.39 Å². The lowest BCUT2D eigenvalue weighted by Gasteiger charge is -2.07. The summed E-state index contributed by atoms with van der Waals surface area (Å²) in [5.41, 5.74) is 0. The topological polar surface area (TPSA) is 26.3 Å². The molecule has 0 amide bonds. The van der Waals surface area contributed by atoms with Gasteiger partial charge in [0.2, 0.25) is 0 Å². The van der Waals surface area contributed by atoms with Crippen LogP contribution in [-0.4, -0.2) is 12.4 Å². The Hall–Kier alpha value is -1.38. The molecule has 0 fully saturated rings. The summed E-state index contributed by atoms with van der Waals surface area (Å²) in [5.74, 6) is -0.0517. The van der Waals surface area contributed by atoms with Crippen molar-refractivity contribution in [3.8, 4) is 5.75 Å². The normalized spacial score (nSPS) is 10.4. The highest BCUT2D eigenvalue weighted by atomic mass is 19.1. The van der Waals surface area contributed by atoms with Crippen molar-refractivity contribution in [3.05, 3.63) is 30.1 Å². The maximum Gasteiger partial charge on any atom is 0.165 e. The molecule has 0 saturated heterocycles. The Balaban J connectivity index is 2.38. The molecule has 0 aliphatic carbocycles. The molecule has 0 atom stereocenters. The number of hydrogen-bond donors (Lipinski definition) is 0. The van der Waals surface area contributed by atoms with Gasteiger partial charge in [-0.1, -0.05) is 26.0 Å². The van der Waals surface area contributed by atoms with Gasteiger partial charge in [0, 0.05) is 12.3 Å². The quantitative estimate of drug-likeness (QED) is 0.747. The van der Waals surface area contributed by atoms with Crippen LogP contribution in [0.2, 0.25) is 0 Å². The molecule has 0 N–H and O–H groups in total. The molecule has 0 aliphatic heterocycles. The van der Waals surface area contributed by atoms with E-state index in [1.165, 1.54) is 6.07 Å². The molecule has 15 heavy (non-hydrogen) atoms. The third-order valence-corrected chi connectivity index (χ3v) is 2.09. The second-order valence-corrected chi connectivity index (χ2v) is 3.65. The molecular formula is C12H15FO2. The van der Waals surface area contributed by atoms with Crippen LogP contribution in [0.5, 0.6) is 5.75 Å². The lowest BCUT2D eigenvalue weighted by Crippen LogP contribution is -2.12. The van der Waals surface area contributed by atoms with Gasteiger partial charge in [0.25, 0.3) is 0 Å². The maximum atomic E-state index is 13.1. The van der Waals surface area contributed by atoms with Crippen molar-refractivity contribution in [2.75, 3.05) is 6.61 Å². The average Bonchev–Trinajstić information content (AvgIpc) is 2.20. The van der Waals surface area contributed by atoms with Crippen LogP contribution in [-0.2, 0) is 4.79 Å². The number of hydrogen-bond acceptors (Lipinski definition) is 2. The van der Waals surface area contributed by atoms with Crippen LogP contribution in [0.3, 0.4) is 0 Å². The molecule has 82 valence electrons. The molecular weight excluding hydrogens is 195 g/mol. The minimum atomic E-state index is -0.394. The van der Waals surface area contributed by atoms with Gasteiger partial charge in [0.05, 0.1) is 6.61 Å². The molecule has 2 nitrogen and oxygen atoms in total. The smallest absolute Gasteiger partial charge is 0.165 e. The van der Waals surface area contributed by atoms with E-state index >= 15 is 0 Å². The van der Waals surface area contributed by atoms with E-state index in [4.69, 9.17) is 4.74 Å². The van der Waals surface area contributed by atoms with Gasteiger partial charge in [0.15, 0.2) is 11.6 Å². The first-order valence-electron chi connectivity index (χ1n) is 5.01. The first-order chi connectivity index (χ1) is 7.11. The third kappa shape index (κ3) is 3.70. The van der Waals surface area contributed by atoms with Crippen molar-refractivity contribution in [2.24, 2.45) is 5.92 Å². The molecule has 0 heterocycles. The van der Waals surface area contributed by atoms with Crippen LogP contribution in [0.4, 0.5) is 4.39 Å². The number of rotatable bonds is 5. The summed E-state index contributed by atoms with van der Waals surface area (Å²) in [6, 6.07) is 6.18. The predicted molar refractivity (Wildman–Crippen MR) is 56.4 cm³/mol. The van der Waals surface area contributed by atoms with E-state index in [-0.39, 0.29) is 24.1 Å². The first kappa shape index (κ1) is 11.7. The van der Waals surface area contributed by atoms with Gasteiger partial charge in [-0.05, 0) is 12.1 Å².